The molecule has 0 amide bonds. The van der Waals surface area contributed by atoms with Crippen molar-refractivity contribution in [3.63, 3.8) is 0 Å². The fourth-order valence-corrected chi connectivity index (χ4v) is 3.61. The van der Waals surface area contributed by atoms with Crippen molar-refractivity contribution in [2.75, 3.05) is 0 Å². The van der Waals surface area contributed by atoms with Gasteiger partial charge in [-0.3, -0.25) is 9.97 Å². The van der Waals surface area contributed by atoms with Crippen molar-refractivity contribution >= 4 is 5.71 Å². The molecule has 4 heteroatoms. The maximum Gasteiger partial charge on any atom is 0.0878 e. The number of hydrogen-bond donors (Lipinski definition) is 1. The Kier molecular flexibility index (Phi) is 5.95. The summed E-state index contributed by atoms with van der Waals surface area (Å²) in [5.41, 5.74) is 7.08. The standard InChI is InChI=1S/C26H23N3O/c1-19-7-8-24(18-28-19)20-9-11-22(12-10-20)25(21-5-3-2-4-6-21)17-26(29-30)23-13-15-27-16-14-23/h2-16,18,25,30H,17H2,1H3/b29-26-. The lowest BCUT2D eigenvalue weighted by molar-refractivity contribution is 0.317. The SMILES string of the molecule is Cc1ccc(-c2ccc(C(C/C(=N/O)c3ccncc3)c3ccccc3)cc2)cn1. The van der Waals surface area contributed by atoms with Crippen molar-refractivity contribution in [3.8, 4) is 11.1 Å². The Morgan fingerprint density at radius 1 is 0.833 bits per heavy atom. The highest BCUT2D eigenvalue weighted by atomic mass is 16.4. The monoisotopic (exact) mass is 393 g/mol. The molecule has 148 valence electrons. The molecule has 2 heterocycles. The number of oxime groups is 1. The highest BCUT2D eigenvalue weighted by Gasteiger charge is 2.19. The summed E-state index contributed by atoms with van der Waals surface area (Å²) < 4.78 is 0. The lowest BCUT2D eigenvalue weighted by atomic mass is 9.85. The lowest BCUT2D eigenvalue weighted by Gasteiger charge is -2.19. The van der Waals surface area contributed by atoms with Gasteiger partial charge in [-0.05, 0) is 41.8 Å². The van der Waals surface area contributed by atoms with Crippen molar-refractivity contribution in [1.82, 2.24) is 9.97 Å². The van der Waals surface area contributed by atoms with Crippen molar-refractivity contribution in [1.29, 1.82) is 0 Å². The fourth-order valence-electron chi connectivity index (χ4n) is 3.61. The van der Waals surface area contributed by atoms with Crippen molar-refractivity contribution in [2.45, 2.75) is 19.3 Å². The molecule has 0 aliphatic heterocycles. The molecule has 0 saturated carbocycles. The molecule has 0 aliphatic carbocycles. The molecule has 0 fully saturated rings. The zero-order valence-corrected chi connectivity index (χ0v) is 16.8. The van der Waals surface area contributed by atoms with Crippen LogP contribution in [0.2, 0.25) is 0 Å². The highest BCUT2D eigenvalue weighted by molar-refractivity contribution is 6.00. The van der Waals surface area contributed by atoms with E-state index in [1.54, 1.807) is 12.4 Å². The molecule has 0 spiro atoms. The van der Waals surface area contributed by atoms with Gasteiger partial charge in [-0.25, -0.2) is 0 Å². The summed E-state index contributed by atoms with van der Waals surface area (Å²) in [7, 11) is 0. The van der Waals surface area contributed by atoms with E-state index in [-0.39, 0.29) is 5.92 Å². The van der Waals surface area contributed by atoms with Gasteiger partial charge in [-0.1, -0.05) is 65.8 Å². The molecule has 30 heavy (non-hydrogen) atoms. The van der Waals surface area contributed by atoms with Crippen LogP contribution < -0.4 is 0 Å². The summed E-state index contributed by atoms with van der Waals surface area (Å²) >= 11 is 0. The number of benzene rings is 2. The topological polar surface area (TPSA) is 58.4 Å². The van der Waals surface area contributed by atoms with Crippen LogP contribution >= 0.6 is 0 Å². The Morgan fingerprint density at radius 3 is 2.13 bits per heavy atom. The summed E-state index contributed by atoms with van der Waals surface area (Å²) in [6.07, 6.45) is 5.90. The van der Waals surface area contributed by atoms with Gasteiger partial charge < -0.3 is 5.21 Å². The van der Waals surface area contributed by atoms with E-state index in [9.17, 15) is 5.21 Å². The molecule has 1 unspecified atom stereocenters. The van der Waals surface area contributed by atoms with Crippen LogP contribution in [-0.4, -0.2) is 20.9 Å². The number of hydrogen-bond acceptors (Lipinski definition) is 4. The maximum atomic E-state index is 9.70. The Balaban J connectivity index is 1.67. The molecule has 4 rings (SSSR count). The quantitative estimate of drug-likeness (QED) is 0.254. The zero-order chi connectivity index (χ0) is 20.8. The van der Waals surface area contributed by atoms with Gasteiger partial charge in [-0.15, -0.1) is 0 Å². The zero-order valence-electron chi connectivity index (χ0n) is 16.8. The largest absolute Gasteiger partial charge is 0.411 e. The van der Waals surface area contributed by atoms with Crippen molar-refractivity contribution < 1.29 is 5.21 Å². The second-order valence-corrected chi connectivity index (χ2v) is 7.26. The first-order chi connectivity index (χ1) is 14.7. The van der Waals surface area contributed by atoms with Gasteiger partial charge in [0.05, 0.1) is 5.71 Å². The van der Waals surface area contributed by atoms with Crippen molar-refractivity contribution in [3.05, 3.63) is 120 Å². The van der Waals surface area contributed by atoms with Crippen LogP contribution in [0.3, 0.4) is 0 Å². The number of aryl methyl sites for hydroxylation is 1. The molecule has 0 radical (unpaired) electrons. The predicted molar refractivity (Wildman–Crippen MR) is 120 cm³/mol. The minimum absolute atomic E-state index is 0.0652. The third-order valence-corrected chi connectivity index (χ3v) is 5.29. The minimum Gasteiger partial charge on any atom is -0.411 e. The van der Waals surface area contributed by atoms with Crippen LogP contribution in [0.15, 0.2) is 103 Å². The van der Waals surface area contributed by atoms with Gasteiger partial charge in [0.25, 0.3) is 0 Å². The van der Waals surface area contributed by atoms with Gasteiger partial charge in [0.15, 0.2) is 0 Å². The van der Waals surface area contributed by atoms with E-state index < -0.39 is 0 Å². The molecule has 0 bridgehead atoms. The molecule has 1 N–H and O–H groups in total. The van der Waals surface area contributed by atoms with Gasteiger partial charge in [-0.2, -0.15) is 0 Å². The van der Waals surface area contributed by atoms with E-state index in [1.807, 2.05) is 49.5 Å². The molecular weight excluding hydrogens is 370 g/mol. The maximum absolute atomic E-state index is 9.70. The van der Waals surface area contributed by atoms with Gasteiger partial charge in [0.1, 0.15) is 0 Å². The first-order valence-corrected chi connectivity index (χ1v) is 9.94. The predicted octanol–water partition coefficient (Wildman–Crippen LogP) is 5.85. The fraction of sp³-hybridized carbons (Fsp3) is 0.115. The van der Waals surface area contributed by atoms with E-state index in [1.165, 1.54) is 11.1 Å². The van der Waals surface area contributed by atoms with Crippen LogP contribution in [0.1, 0.15) is 34.7 Å². The normalized spacial score (nSPS) is 12.5. The molecule has 0 saturated heterocycles. The van der Waals surface area contributed by atoms with Crippen LogP contribution in [-0.2, 0) is 0 Å². The van der Waals surface area contributed by atoms with Gasteiger partial charge >= 0.3 is 0 Å². The average molecular weight is 393 g/mol. The summed E-state index contributed by atoms with van der Waals surface area (Å²) in [6.45, 7) is 1.99. The smallest absolute Gasteiger partial charge is 0.0878 e. The first-order valence-electron chi connectivity index (χ1n) is 9.94. The number of aromatic nitrogens is 2. The average Bonchev–Trinajstić information content (AvgIpc) is 2.82. The summed E-state index contributed by atoms with van der Waals surface area (Å²) in [5, 5.41) is 13.3. The van der Waals surface area contributed by atoms with E-state index in [0.717, 1.165) is 22.4 Å². The number of nitrogens with zero attached hydrogens (tertiary/aromatic N) is 3. The molecule has 0 aliphatic rings. The third-order valence-electron chi connectivity index (χ3n) is 5.29. The first kappa shape index (κ1) is 19.5. The van der Waals surface area contributed by atoms with E-state index in [0.29, 0.717) is 12.1 Å². The van der Waals surface area contributed by atoms with Crippen LogP contribution in [0, 0.1) is 6.92 Å². The van der Waals surface area contributed by atoms with Gasteiger partial charge in [0.2, 0.25) is 0 Å². The Bertz CT molecular complexity index is 1110. The van der Waals surface area contributed by atoms with Crippen LogP contribution in [0.5, 0.6) is 0 Å². The number of pyridine rings is 2. The lowest BCUT2D eigenvalue weighted by Crippen LogP contribution is -2.10. The molecule has 1 atom stereocenters. The molecule has 2 aromatic carbocycles. The molecule has 4 nitrogen and oxygen atoms in total. The van der Waals surface area contributed by atoms with Crippen molar-refractivity contribution in [2.24, 2.45) is 5.16 Å². The molecule has 4 aromatic rings. The second kappa shape index (κ2) is 9.14. The molecular formula is C26H23N3O. The van der Waals surface area contributed by atoms with Crippen LogP contribution in [0.4, 0.5) is 0 Å². The summed E-state index contributed by atoms with van der Waals surface area (Å²) in [6, 6.07) is 26.7. The Hall–Kier alpha value is -3.79. The summed E-state index contributed by atoms with van der Waals surface area (Å²) in [5.74, 6) is 0.0652. The van der Waals surface area contributed by atoms with E-state index in [2.05, 4.69) is 57.6 Å². The van der Waals surface area contributed by atoms with E-state index >= 15 is 0 Å². The van der Waals surface area contributed by atoms with Gasteiger partial charge in [0, 0.05) is 47.8 Å². The third kappa shape index (κ3) is 4.44. The summed E-state index contributed by atoms with van der Waals surface area (Å²) in [4.78, 5) is 8.46. The Labute approximate surface area is 176 Å². The number of rotatable bonds is 6. The van der Waals surface area contributed by atoms with E-state index in [4.69, 9.17) is 0 Å². The van der Waals surface area contributed by atoms with Crippen LogP contribution in [0.25, 0.3) is 11.1 Å². The Morgan fingerprint density at radius 2 is 1.50 bits per heavy atom. The minimum atomic E-state index is 0.0652. The molecule has 2 aromatic heterocycles. The second-order valence-electron chi connectivity index (χ2n) is 7.26. The highest BCUT2D eigenvalue weighted by Crippen LogP contribution is 2.31.